The Balaban J connectivity index is 1.22. The summed E-state index contributed by atoms with van der Waals surface area (Å²) in [6, 6.07) is 17.0. The lowest BCUT2D eigenvalue weighted by Crippen LogP contribution is -2.37. The normalized spacial score (nSPS) is 14.9. The zero-order valence-electron chi connectivity index (χ0n) is 29.2. The number of allylic oxidation sites excluding steroid dienone is 1. The lowest BCUT2D eigenvalue weighted by molar-refractivity contribution is 0.0369. The minimum absolute atomic E-state index is 0.302. The Hall–Kier alpha value is -4.74. The molecule has 2 aliphatic heterocycles. The van der Waals surface area contributed by atoms with E-state index in [0.717, 1.165) is 86.5 Å². The molecular formula is C38H50N6O5. The van der Waals surface area contributed by atoms with Crippen LogP contribution in [0.3, 0.4) is 0 Å². The van der Waals surface area contributed by atoms with Crippen molar-refractivity contribution < 1.29 is 23.7 Å². The van der Waals surface area contributed by atoms with Gasteiger partial charge in [0, 0.05) is 44.1 Å². The number of anilines is 3. The van der Waals surface area contributed by atoms with E-state index in [-0.39, 0.29) is 11.5 Å². The van der Waals surface area contributed by atoms with Crippen molar-refractivity contribution in [3.05, 3.63) is 96.4 Å². The van der Waals surface area contributed by atoms with Crippen LogP contribution in [0.15, 0.2) is 85.2 Å². The topological polar surface area (TPSA) is 109 Å². The maximum absolute atomic E-state index is 13.3. The zero-order chi connectivity index (χ0) is 34.6. The fourth-order valence-corrected chi connectivity index (χ4v) is 5.52. The van der Waals surface area contributed by atoms with E-state index in [0.29, 0.717) is 37.0 Å². The number of hydrogen-bond acceptors (Lipinski definition) is 10. The molecule has 1 saturated heterocycles. The van der Waals surface area contributed by atoms with Crippen LogP contribution in [0.1, 0.15) is 56.6 Å². The van der Waals surface area contributed by atoms with E-state index < -0.39 is 0 Å². The Morgan fingerprint density at radius 2 is 1.69 bits per heavy atom. The predicted octanol–water partition coefficient (Wildman–Crippen LogP) is 6.69. The van der Waals surface area contributed by atoms with Crippen LogP contribution in [0, 0.1) is 0 Å². The van der Waals surface area contributed by atoms with E-state index in [2.05, 4.69) is 37.3 Å². The number of amides is 1. The molecule has 262 valence electrons. The number of para-hydroxylation sites is 2. The summed E-state index contributed by atoms with van der Waals surface area (Å²) < 4.78 is 23.0. The standard InChI is InChI=1S/C38H50N6O5/c1-6-36(49-38(3,4)5)41-31-11-7-8-12-32(31)42-37(45)33-15-13-29(26-39-33)27-44(18-10-9-17-43-19-21-46-22-20-43)28(2)40-30-14-16-34-35(25-30)48-24-23-47-34/h6-8,11-16,25-26,40-41H,2,9-10,17-24,27H2,1,3-5H3,(H,42,45)/b36-6-. The quantitative estimate of drug-likeness (QED) is 0.120. The monoisotopic (exact) mass is 670 g/mol. The van der Waals surface area contributed by atoms with Crippen molar-refractivity contribution in [2.75, 3.05) is 68.6 Å². The molecule has 0 saturated carbocycles. The number of morpholine rings is 1. The van der Waals surface area contributed by atoms with Crippen LogP contribution in [0.5, 0.6) is 11.5 Å². The Kier molecular flexibility index (Phi) is 12.4. The van der Waals surface area contributed by atoms with Crippen LogP contribution in [0.2, 0.25) is 0 Å². The van der Waals surface area contributed by atoms with Crippen molar-refractivity contribution in [3.63, 3.8) is 0 Å². The van der Waals surface area contributed by atoms with E-state index in [1.54, 1.807) is 12.3 Å². The van der Waals surface area contributed by atoms with Crippen LogP contribution in [0.4, 0.5) is 17.1 Å². The first-order chi connectivity index (χ1) is 23.7. The minimum atomic E-state index is -0.370. The second-order valence-electron chi connectivity index (χ2n) is 13.1. The third-order valence-electron chi connectivity index (χ3n) is 8.01. The largest absolute Gasteiger partial charge is 0.486 e. The van der Waals surface area contributed by atoms with Gasteiger partial charge in [-0.2, -0.15) is 0 Å². The molecule has 0 atom stereocenters. The van der Waals surface area contributed by atoms with Crippen molar-refractivity contribution >= 4 is 23.0 Å². The Morgan fingerprint density at radius 1 is 0.959 bits per heavy atom. The number of unbranched alkanes of at least 4 members (excludes halogenated alkanes) is 1. The van der Waals surface area contributed by atoms with Crippen LogP contribution in [-0.2, 0) is 16.0 Å². The molecule has 3 N–H and O–H groups in total. The van der Waals surface area contributed by atoms with Gasteiger partial charge >= 0.3 is 0 Å². The lowest BCUT2D eigenvalue weighted by atomic mass is 10.2. The molecule has 1 amide bonds. The molecule has 11 heteroatoms. The molecule has 0 spiro atoms. The molecule has 11 nitrogen and oxygen atoms in total. The first-order valence-electron chi connectivity index (χ1n) is 17.0. The Bertz CT molecular complexity index is 1580. The number of nitrogens with one attached hydrogen (secondary N) is 3. The van der Waals surface area contributed by atoms with Crippen LogP contribution >= 0.6 is 0 Å². The van der Waals surface area contributed by atoms with Crippen molar-refractivity contribution in [2.45, 2.75) is 52.7 Å². The van der Waals surface area contributed by atoms with Gasteiger partial charge in [0.1, 0.15) is 24.5 Å². The first kappa shape index (κ1) is 35.6. The molecule has 1 fully saturated rings. The summed E-state index contributed by atoms with van der Waals surface area (Å²) in [5.74, 6) is 2.54. The van der Waals surface area contributed by atoms with Crippen molar-refractivity contribution in [1.29, 1.82) is 0 Å². The summed E-state index contributed by atoms with van der Waals surface area (Å²) in [5, 5.41) is 9.74. The highest BCUT2D eigenvalue weighted by atomic mass is 16.6. The molecule has 5 rings (SSSR count). The summed E-state index contributed by atoms with van der Waals surface area (Å²) in [4.78, 5) is 22.5. The van der Waals surface area contributed by atoms with Crippen molar-refractivity contribution in [3.8, 4) is 11.5 Å². The summed E-state index contributed by atoms with van der Waals surface area (Å²) in [7, 11) is 0. The van der Waals surface area contributed by atoms with Crippen LogP contribution in [-0.4, -0.2) is 78.9 Å². The summed E-state index contributed by atoms with van der Waals surface area (Å²) in [6.07, 6.45) is 5.68. The van der Waals surface area contributed by atoms with Crippen LogP contribution in [0.25, 0.3) is 0 Å². The van der Waals surface area contributed by atoms with E-state index in [4.69, 9.17) is 18.9 Å². The number of rotatable bonds is 15. The first-order valence-corrected chi connectivity index (χ1v) is 17.0. The highest BCUT2D eigenvalue weighted by molar-refractivity contribution is 6.04. The fraction of sp³-hybridized carbons (Fsp3) is 0.421. The second-order valence-corrected chi connectivity index (χ2v) is 13.1. The van der Waals surface area contributed by atoms with Gasteiger partial charge in [0.2, 0.25) is 0 Å². The van der Waals surface area contributed by atoms with E-state index in [9.17, 15) is 4.79 Å². The number of hydrogen-bond donors (Lipinski definition) is 3. The number of pyridine rings is 1. The van der Waals surface area contributed by atoms with Gasteiger partial charge in [-0.05, 0) is 89.1 Å². The molecule has 1 aromatic heterocycles. The summed E-state index contributed by atoms with van der Waals surface area (Å²) >= 11 is 0. The van der Waals surface area contributed by atoms with Crippen molar-refractivity contribution in [1.82, 2.24) is 14.8 Å². The number of aromatic nitrogens is 1. The molecule has 3 aromatic rings. The molecule has 0 aliphatic carbocycles. The molecular weight excluding hydrogens is 620 g/mol. The molecule has 2 aromatic carbocycles. The summed E-state index contributed by atoms with van der Waals surface area (Å²) in [6.45, 7) is 19.3. The third kappa shape index (κ3) is 10.9. The van der Waals surface area contributed by atoms with Gasteiger partial charge in [0.25, 0.3) is 5.91 Å². The smallest absolute Gasteiger partial charge is 0.274 e. The maximum atomic E-state index is 13.3. The highest BCUT2D eigenvalue weighted by Crippen LogP contribution is 2.33. The lowest BCUT2D eigenvalue weighted by Gasteiger charge is -2.29. The Morgan fingerprint density at radius 3 is 2.39 bits per heavy atom. The summed E-state index contributed by atoms with van der Waals surface area (Å²) in [5.41, 5.74) is 3.14. The molecule has 3 heterocycles. The minimum Gasteiger partial charge on any atom is -0.486 e. The SMILES string of the molecule is C=C(Nc1ccc2c(c1)OCCO2)N(CCCCN1CCOCC1)Cc1ccc(C(=O)Nc2ccccc2N/C(=C/C)OC(C)(C)C)nc1. The van der Waals surface area contributed by atoms with Gasteiger partial charge in [0.15, 0.2) is 17.4 Å². The van der Waals surface area contributed by atoms with Gasteiger partial charge in [-0.3, -0.25) is 14.7 Å². The number of carbonyl (C=O) groups is 1. The Labute approximate surface area is 290 Å². The molecule has 0 bridgehead atoms. The maximum Gasteiger partial charge on any atom is 0.274 e. The number of fused-ring (bicyclic) bond motifs is 1. The molecule has 49 heavy (non-hydrogen) atoms. The fourth-order valence-electron chi connectivity index (χ4n) is 5.52. The molecule has 0 unspecified atom stereocenters. The van der Waals surface area contributed by atoms with Gasteiger partial charge in [-0.25, -0.2) is 0 Å². The number of carbonyl (C=O) groups excluding carboxylic acids is 1. The van der Waals surface area contributed by atoms with E-state index in [1.807, 2.05) is 82.3 Å². The predicted molar refractivity (Wildman–Crippen MR) is 194 cm³/mol. The molecule has 2 aliphatic rings. The second kappa shape index (κ2) is 17.1. The number of nitrogens with zero attached hydrogens (tertiary/aromatic N) is 3. The van der Waals surface area contributed by atoms with Crippen LogP contribution < -0.4 is 25.4 Å². The third-order valence-corrected chi connectivity index (χ3v) is 8.01. The average molecular weight is 671 g/mol. The highest BCUT2D eigenvalue weighted by Gasteiger charge is 2.18. The number of benzene rings is 2. The van der Waals surface area contributed by atoms with Crippen molar-refractivity contribution in [2.24, 2.45) is 0 Å². The van der Waals surface area contributed by atoms with Gasteiger partial charge in [0.05, 0.1) is 30.4 Å². The number of ether oxygens (including phenoxy) is 4. The average Bonchev–Trinajstić information content (AvgIpc) is 3.10. The van der Waals surface area contributed by atoms with Gasteiger partial charge in [-0.1, -0.05) is 24.8 Å². The van der Waals surface area contributed by atoms with E-state index >= 15 is 0 Å². The molecule has 0 radical (unpaired) electrons. The van der Waals surface area contributed by atoms with Gasteiger partial charge in [-0.15, -0.1) is 0 Å². The van der Waals surface area contributed by atoms with E-state index in [1.165, 1.54) is 0 Å². The van der Waals surface area contributed by atoms with Gasteiger partial charge < -0.3 is 39.8 Å². The zero-order valence-corrected chi connectivity index (χ0v) is 29.2.